The van der Waals surface area contributed by atoms with E-state index in [1.165, 1.54) is 12.1 Å². The normalized spacial score (nSPS) is 20.7. The zero-order valence-corrected chi connectivity index (χ0v) is 22.0. The highest BCUT2D eigenvalue weighted by Crippen LogP contribution is 2.35. The molecular weight excluding hydrogens is 529 g/mol. The van der Waals surface area contributed by atoms with Crippen molar-refractivity contribution in [3.63, 3.8) is 0 Å². The number of piperazine rings is 1. The van der Waals surface area contributed by atoms with Crippen LogP contribution in [0.3, 0.4) is 0 Å². The van der Waals surface area contributed by atoms with E-state index in [0.29, 0.717) is 39.9 Å². The number of H-pyrrole nitrogens is 1. The number of piperidine rings is 1. The number of hydrogen-bond donors (Lipinski definition) is 1. The Labute approximate surface area is 223 Å². The van der Waals surface area contributed by atoms with E-state index in [2.05, 4.69) is 31.6 Å². The Balaban J connectivity index is 1.23. The van der Waals surface area contributed by atoms with Crippen LogP contribution in [0.4, 0.5) is 23.2 Å². The van der Waals surface area contributed by atoms with Gasteiger partial charge in [0.05, 0.1) is 21.7 Å². The van der Waals surface area contributed by atoms with Crippen LogP contribution in [0, 0.1) is 5.82 Å². The van der Waals surface area contributed by atoms with E-state index in [-0.39, 0.29) is 16.9 Å². The molecule has 0 spiro atoms. The van der Waals surface area contributed by atoms with Gasteiger partial charge >= 0.3 is 6.18 Å². The fraction of sp³-hybridized carbons (Fsp3) is 0.500. The number of nitrogens with one attached hydrogen (secondary N) is 1. The maximum atomic E-state index is 14.2. The topological polar surface area (TPSA) is 38.4 Å². The van der Waals surface area contributed by atoms with Crippen molar-refractivity contribution in [1.29, 1.82) is 0 Å². The Morgan fingerprint density at radius 3 is 2.49 bits per heavy atom. The van der Waals surface area contributed by atoms with Crippen LogP contribution in [0.2, 0.25) is 10.0 Å². The summed E-state index contributed by atoms with van der Waals surface area (Å²) in [6.45, 7) is 6.85. The molecule has 3 heterocycles. The number of rotatable bonds is 5. The maximum Gasteiger partial charge on any atom is 0.449 e. The number of aromatic amines is 1. The maximum absolute atomic E-state index is 14.2. The zero-order chi connectivity index (χ0) is 26.3. The molecule has 1 N–H and O–H groups in total. The van der Waals surface area contributed by atoms with Crippen molar-refractivity contribution in [2.75, 3.05) is 37.6 Å². The second-order valence-corrected chi connectivity index (χ2v) is 10.7. The third kappa shape index (κ3) is 5.70. The summed E-state index contributed by atoms with van der Waals surface area (Å²) in [6.07, 6.45) is -1.58. The van der Waals surface area contributed by atoms with E-state index in [0.717, 1.165) is 52.0 Å². The third-order valence-corrected chi connectivity index (χ3v) is 8.13. The molecule has 2 fully saturated rings. The van der Waals surface area contributed by atoms with Gasteiger partial charge in [-0.1, -0.05) is 36.2 Å². The molecule has 1 aromatic heterocycles. The SMILES string of the molecule is CC[C@H]1CN(c2cc3nc(C(F)(F)F)[nH]c3cc2Cl)CCN1C1CCN(Cc2ccc(Cl)cc2F)CC1. The molecule has 0 bridgehead atoms. The van der Waals surface area contributed by atoms with Gasteiger partial charge in [-0.15, -0.1) is 0 Å². The number of likely N-dealkylation sites (tertiary alicyclic amines) is 1. The first-order chi connectivity index (χ1) is 17.6. The summed E-state index contributed by atoms with van der Waals surface area (Å²) in [5.74, 6) is -1.28. The summed E-state index contributed by atoms with van der Waals surface area (Å²) in [7, 11) is 0. The highest BCUT2D eigenvalue weighted by molar-refractivity contribution is 6.34. The Morgan fingerprint density at radius 1 is 1.05 bits per heavy atom. The fourth-order valence-corrected chi connectivity index (χ4v) is 6.07. The van der Waals surface area contributed by atoms with Crippen molar-refractivity contribution in [2.45, 2.75) is 51.0 Å². The molecule has 2 aromatic carbocycles. The summed E-state index contributed by atoms with van der Waals surface area (Å²) < 4.78 is 53.5. The van der Waals surface area contributed by atoms with Crippen LogP contribution in [0.15, 0.2) is 30.3 Å². The van der Waals surface area contributed by atoms with Crippen molar-refractivity contribution >= 4 is 39.9 Å². The molecular formula is C26H29Cl2F4N5. The number of imidazole rings is 1. The molecule has 2 aliphatic heterocycles. The average Bonchev–Trinajstić information content (AvgIpc) is 3.29. The van der Waals surface area contributed by atoms with E-state index in [1.807, 2.05) is 0 Å². The molecule has 2 aliphatic rings. The molecule has 11 heteroatoms. The summed E-state index contributed by atoms with van der Waals surface area (Å²) in [4.78, 5) is 13.1. The van der Waals surface area contributed by atoms with Crippen molar-refractivity contribution in [1.82, 2.24) is 19.8 Å². The molecule has 1 atom stereocenters. The van der Waals surface area contributed by atoms with Crippen molar-refractivity contribution in [3.8, 4) is 0 Å². The number of nitrogens with zero attached hydrogens (tertiary/aromatic N) is 4. The van der Waals surface area contributed by atoms with Gasteiger partial charge in [-0.05, 0) is 56.6 Å². The molecule has 3 aromatic rings. The smallest absolute Gasteiger partial charge is 0.367 e. The Hall–Kier alpha value is -2.07. The van der Waals surface area contributed by atoms with E-state index in [9.17, 15) is 17.6 Å². The molecule has 5 nitrogen and oxygen atoms in total. The first-order valence-corrected chi connectivity index (χ1v) is 13.3. The predicted octanol–water partition coefficient (Wildman–Crippen LogP) is 6.59. The van der Waals surface area contributed by atoms with Crippen molar-refractivity contribution in [3.05, 3.63) is 57.6 Å². The van der Waals surface area contributed by atoms with Crippen molar-refractivity contribution < 1.29 is 17.6 Å². The molecule has 0 unspecified atom stereocenters. The van der Waals surface area contributed by atoms with E-state index >= 15 is 0 Å². The number of halogens is 6. The minimum Gasteiger partial charge on any atom is -0.367 e. The summed E-state index contributed by atoms with van der Waals surface area (Å²) in [5.41, 5.74) is 1.91. The highest BCUT2D eigenvalue weighted by atomic mass is 35.5. The predicted molar refractivity (Wildman–Crippen MR) is 139 cm³/mol. The lowest BCUT2D eigenvalue weighted by molar-refractivity contribution is -0.144. The van der Waals surface area contributed by atoms with Gasteiger partial charge in [0.15, 0.2) is 0 Å². The molecule has 5 rings (SSSR count). The summed E-state index contributed by atoms with van der Waals surface area (Å²) in [6, 6.07) is 8.77. The van der Waals surface area contributed by atoms with Crippen LogP contribution in [0.1, 0.15) is 37.6 Å². The third-order valence-electron chi connectivity index (χ3n) is 7.59. The van der Waals surface area contributed by atoms with Gasteiger partial charge < -0.3 is 9.88 Å². The second-order valence-electron chi connectivity index (χ2n) is 9.89. The van der Waals surface area contributed by atoms with Gasteiger partial charge in [-0.25, -0.2) is 9.37 Å². The van der Waals surface area contributed by atoms with Crippen LogP contribution in [0.5, 0.6) is 0 Å². The largest absolute Gasteiger partial charge is 0.449 e. The number of hydrogen-bond acceptors (Lipinski definition) is 4. The van der Waals surface area contributed by atoms with Gasteiger partial charge in [0, 0.05) is 48.8 Å². The zero-order valence-electron chi connectivity index (χ0n) is 20.5. The number of benzene rings is 2. The van der Waals surface area contributed by atoms with Crippen LogP contribution in [0.25, 0.3) is 11.0 Å². The lowest BCUT2D eigenvalue weighted by atomic mass is 9.97. The fourth-order valence-electron chi connectivity index (χ4n) is 5.63. The Bertz CT molecular complexity index is 1260. The van der Waals surface area contributed by atoms with E-state index in [4.69, 9.17) is 23.2 Å². The first-order valence-electron chi connectivity index (χ1n) is 12.6. The molecule has 2 saturated heterocycles. The summed E-state index contributed by atoms with van der Waals surface area (Å²) >= 11 is 12.4. The van der Waals surface area contributed by atoms with E-state index < -0.39 is 12.0 Å². The van der Waals surface area contributed by atoms with Crippen LogP contribution in [-0.4, -0.2) is 64.6 Å². The van der Waals surface area contributed by atoms with Crippen molar-refractivity contribution in [2.24, 2.45) is 0 Å². The van der Waals surface area contributed by atoms with Crippen LogP contribution < -0.4 is 4.90 Å². The monoisotopic (exact) mass is 557 g/mol. The number of aromatic nitrogens is 2. The lowest BCUT2D eigenvalue weighted by Crippen LogP contribution is -2.58. The van der Waals surface area contributed by atoms with Gasteiger partial charge in [0.25, 0.3) is 0 Å². The molecule has 37 heavy (non-hydrogen) atoms. The highest BCUT2D eigenvalue weighted by Gasteiger charge is 2.36. The van der Waals surface area contributed by atoms with E-state index in [1.54, 1.807) is 18.2 Å². The summed E-state index contributed by atoms with van der Waals surface area (Å²) in [5, 5.41) is 0.817. The quantitative estimate of drug-likeness (QED) is 0.359. The van der Waals surface area contributed by atoms with Gasteiger partial charge in [0.1, 0.15) is 5.82 Å². The Morgan fingerprint density at radius 2 is 1.81 bits per heavy atom. The van der Waals surface area contributed by atoms with Gasteiger partial charge in [-0.2, -0.15) is 13.2 Å². The van der Waals surface area contributed by atoms with Crippen LogP contribution >= 0.6 is 23.2 Å². The molecule has 0 radical (unpaired) electrons. The van der Waals surface area contributed by atoms with Gasteiger partial charge in [0.2, 0.25) is 5.82 Å². The molecule has 0 amide bonds. The van der Waals surface area contributed by atoms with Gasteiger partial charge in [-0.3, -0.25) is 9.80 Å². The average molecular weight is 558 g/mol. The second kappa shape index (κ2) is 10.6. The number of fused-ring (bicyclic) bond motifs is 1. The number of anilines is 1. The molecule has 0 saturated carbocycles. The lowest BCUT2D eigenvalue weighted by Gasteiger charge is -2.48. The van der Waals surface area contributed by atoms with Crippen LogP contribution in [-0.2, 0) is 12.7 Å². The standard InChI is InChI=1S/C26H29Cl2F4N5/c1-2-18-15-36(24-13-23-22(12-20(24)28)33-25(34-23)26(30,31)32)9-10-37(18)19-5-7-35(8-6-19)14-16-3-4-17(27)11-21(16)29/h3-4,11-13,18-19H,2,5-10,14-15H2,1H3,(H,33,34)/t18-/m0/s1. The number of alkyl halides is 3. The molecule has 200 valence electrons. The molecule has 0 aliphatic carbocycles. The first kappa shape index (κ1) is 26.5. The Kier molecular flexibility index (Phi) is 7.60. The minimum absolute atomic E-state index is 0.256. The minimum atomic E-state index is -4.54.